The zero-order valence-corrected chi connectivity index (χ0v) is 8.61. The number of hydrogen-bond acceptors (Lipinski definition) is 4. The second-order valence-electron chi connectivity index (χ2n) is 3.79. The molecule has 6 nitrogen and oxygen atoms in total. The first-order valence-corrected chi connectivity index (χ1v) is 4.32. The number of amides is 1. The van der Waals surface area contributed by atoms with Crippen molar-refractivity contribution in [3.63, 3.8) is 0 Å². The first-order chi connectivity index (χ1) is 6.39. The van der Waals surface area contributed by atoms with E-state index in [1.165, 1.54) is 0 Å². The molecule has 14 heavy (non-hydrogen) atoms. The standard InChI is InChI=1S/C8H15N5O/c1-8(2,9)7(14)10-4-6-5-13(3)12-11-6/h5H,4,9H2,1-3H3,(H,10,14). The van der Waals surface area contributed by atoms with Gasteiger partial charge in [-0.1, -0.05) is 5.21 Å². The Kier molecular flexibility index (Phi) is 2.85. The molecule has 0 saturated carbocycles. The van der Waals surface area contributed by atoms with Crippen LogP contribution in [0.2, 0.25) is 0 Å². The number of carbonyl (C=O) groups is 1. The first-order valence-electron chi connectivity index (χ1n) is 4.32. The Hall–Kier alpha value is -1.43. The van der Waals surface area contributed by atoms with Crippen molar-refractivity contribution in [1.82, 2.24) is 20.3 Å². The van der Waals surface area contributed by atoms with Gasteiger partial charge in [0.1, 0.15) is 5.69 Å². The van der Waals surface area contributed by atoms with Gasteiger partial charge in [0.2, 0.25) is 5.91 Å². The first kappa shape index (κ1) is 10.6. The normalized spacial score (nSPS) is 11.4. The fraction of sp³-hybridized carbons (Fsp3) is 0.625. The van der Waals surface area contributed by atoms with Gasteiger partial charge in [-0.2, -0.15) is 0 Å². The van der Waals surface area contributed by atoms with Gasteiger partial charge in [-0.3, -0.25) is 9.48 Å². The van der Waals surface area contributed by atoms with Gasteiger partial charge in [0.25, 0.3) is 0 Å². The predicted molar refractivity (Wildman–Crippen MR) is 51.1 cm³/mol. The summed E-state index contributed by atoms with van der Waals surface area (Å²) in [5.41, 5.74) is 5.45. The molecule has 1 aromatic heterocycles. The Labute approximate surface area is 82.5 Å². The highest BCUT2D eigenvalue weighted by molar-refractivity contribution is 5.84. The molecule has 0 spiro atoms. The summed E-state index contributed by atoms with van der Waals surface area (Å²) < 4.78 is 1.58. The van der Waals surface area contributed by atoms with Crippen LogP contribution >= 0.6 is 0 Å². The molecule has 1 aromatic rings. The molecule has 0 aliphatic carbocycles. The van der Waals surface area contributed by atoms with Crippen LogP contribution in [0.3, 0.4) is 0 Å². The van der Waals surface area contributed by atoms with Crippen LogP contribution in [0.15, 0.2) is 6.20 Å². The molecule has 0 unspecified atom stereocenters. The highest BCUT2D eigenvalue weighted by atomic mass is 16.2. The minimum Gasteiger partial charge on any atom is -0.349 e. The molecule has 1 rings (SSSR count). The number of hydrogen-bond donors (Lipinski definition) is 2. The number of nitrogens with zero attached hydrogens (tertiary/aromatic N) is 3. The summed E-state index contributed by atoms with van der Waals surface area (Å²) >= 11 is 0. The van der Waals surface area contributed by atoms with Crippen molar-refractivity contribution in [2.24, 2.45) is 12.8 Å². The predicted octanol–water partition coefficient (Wildman–Crippen LogP) is -0.831. The van der Waals surface area contributed by atoms with Crippen LogP contribution < -0.4 is 11.1 Å². The average Bonchev–Trinajstić information content (AvgIpc) is 2.45. The molecule has 78 valence electrons. The van der Waals surface area contributed by atoms with E-state index in [0.717, 1.165) is 0 Å². The summed E-state index contributed by atoms with van der Waals surface area (Å²) in [6, 6.07) is 0. The lowest BCUT2D eigenvalue weighted by Gasteiger charge is -2.16. The minimum atomic E-state index is -0.859. The second-order valence-corrected chi connectivity index (χ2v) is 3.79. The van der Waals surface area contributed by atoms with Crippen LogP contribution in [-0.2, 0) is 18.4 Å². The Bertz CT molecular complexity index is 325. The van der Waals surface area contributed by atoms with Crippen molar-refractivity contribution < 1.29 is 4.79 Å². The smallest absolute Gasteiger partial charge is 0.239 e. The van der Waals surface area contributed by atoms with E-state index in [4.69, 9.17) is 5.73 Å². The maximum Gasteiger partial charge on any atom is 0.239 e. The van der Waals surface area contributed by atoms with E-state index in [0.29, 0.717) is 12.2 Å². The zero-order chi connectivity index (χ0) is 10.8. The van der Waals surface area contributed by atoms with Crippen LogP contribution in [0.1, 0.15) is 19.5 Å². The third-order valence-electron chi connectivity index (χ3n) is 1.67. The van der Waals surface area contributed by atoms with Gasteiger partial charge in [-0.05, 0) is 13.8 Å². The molecule has 0 aliphatic rings. The summed E-state index contributed by atoms with van der Waals surface area (Å²) in [6.45, 7) is 3.66. The molecule has 0 aliphatic heterocycles. The van der Waals surface area contributed by atoms with Crippen molar-refractivity contribution >= 4 is 5.91 Å². The van der Waals surface area contributed by atoms with Gasteiger partial charge in [-0.25, -0.2) is 0 Å². The Balaban J connectivity index is 2.46. The van der Waals surface area contributed by atoms with E-state index >= 15 is 0 Å². The summed E-state index contributed by atoms with van der Waals surface area (Å²) in [4.78, 5) is 11.4. The quantitative estimate of drug-likeness (QED) is 0.662. The summed E-state index contributed by atoms with van der Waals surface area (Å²) in [5.74, 6) is -0.205. The van der Waals surface area contributed by atoms with E-state index in [2.05, 4.69) is 15.6 Å². The number of aromatic nitrogens is 3. The van der Waals surface area contributed by atoms with E-state index < -0.39 is 5.54 Å². The van der Waals surface area contributed by atoms with Gasteiger partial charge in [0, 0.05) is 13.2 Å². The number of rotatable bonds is 3. The van der Waals surface area contributed by atoms with E-state index in [1.807, 2.05) is 0 Å². The second kappa shape index (κ2) is 3.75. The number of carbonyl (C=O) groups excluding carboxylic acids is 1. The maximum absolute atomic E-state index is 11.4. The van der Waals surface area contributed by atoms with Gasteiger partial charge in [0.15, 0.2) is 0 Å². The van der Waals surface area contributed by atoms with Gasteiger partial charge < -0.3 is 11.1 Å². The molecule has 1 amide bonds. The van der Waals surface area contributed by atoms with Crippen molar-refractivity contribution in [2.75, 3.05) is 0 Å². The zero-order valence-electron chi connectivity index (χ0n) is 8.61. The topological polar surface area (TPSA) is 85.8 Å². The molecule has 0 fully saturated rings. The highest BCUT2D eigenvalue weighted by Gasteiger charge is 2.21. The lowest BCUT2D eigenvalue weighted by Crippen LogP contribution is -2.48. The van der Waals surface area contributed by atoms with E-state index in [9.17, 15) is 4.79 Å². The molecule has 3 N–H and O–H groups in total. The SMILES string of the molecule is Cn1cc(CNC(=O)C(C)(C)N)nn1. The van der Waals surface area contributed by atoms with E-state index in [1.54, 1.807) is 31.8 Å². The Morgan fingerprint density at radius 1 is 1.71 bits per heavy atom. The van der Waals surface area contributed by atoms with Crippen LogP contribution in [-0.4, -0.2) is 26.4 Å². The van der Waals surface area contributed by atoms with Gasteiger partial charge >= 0.3 is 0 Å². The van der Waals surface area contributed by atoms with Crippen LogP contribution in [0.25, 0.3) is 0 Å². The van der Waals surface area contributed by atoms with Crippen molar-refractivity contribution in [3.05, 3.63) is 11.9 Å². The number of nitrogens with two attached hydrogens (primary N) is 1. The maximum atomic E-state index is 11.4. The third kappa shape index (κ3) is 2.81. The summed E-state index contributed by atoms with van der Waals surface area (Å²) in [6.07, 6.45) is 1.74. The average molecular weight is 197 g/mol. The van der Waals surface area contributed by atoms with Crippen molar-refractivity contribution in [3.8, 4) is 0 Å². The number of nitrogens with one attached hydrogen (secondary N) is 1. The van der Waals surface area contributed by atoms with Crippen LogP contribution in [0.4, 0.5) is 0 Å². The minimum absolute atomic E-state index is 0.205. The molecule has 0 saturated heterocycles. The fourth-order valence-electron chi connectivity index (χ4n) is 0.875. The van der Waals surface area contributed by atoms with Crippen LogP contribution in [0, 0.1) is 0 Å². The molecule has 0 bridgehead atoms. The van der Waals surface area contributed by atoms with E-state index in [-0.39, 0.29) is 5.91 Å². The molecule has 0 aromatic carbocycles. The lowest BCUT2D eigenvalue weighted by molar-refractivity contribution is -0.125. The van der Waals surface area contributed by atoms with Gasteiger partial charge in [0.05, 0.1) is 12.1 Å². The Morgan fingerprint density at radius 2 is 2.36 bits per heavy atom. The Morgan fingerprint density at radius 3 is 2.79 bits per heavy atom. The lowest BCUT2D eigenvalue weighted by atomic mass is 10.1. The monoisotopic (exact) mass is 197 g/mol. The van der Waals surface area contributed by atoms with Crippen LogP contribution in [0.5, 0.6) is 0 Å². The van der Waals surface area contributed by atoms with Gasteiger partial charge in [-0.15, -0.1) is 5.10 Å². The molecule has 0 radical (unpaired) electrons. The summed E-state index contributed by atoms with van der Waals surface area (Å²) in [5, 5.41) is 10.2. The van der Waals surface area contributed by atoms with Crippen molar-refractivity contribution in [1.29, 1.82) is 0 Å². The molecular formula is C8H15N5O. The fourth-order valence-corrected chi connectivity index (χ4v) is 0.875. The molecule has 6 heteroatoms. The third-order valence-corrected chi connectivity index (χ3v) is 1.67. The summed E-state index contributed by atoms with van der Waals surface area (Å²) in [7, 11) is 1.77. The highest BCUT2D eigenvalue weighted by Crippen LogP contribution is 1.97. The largest absolute Gasteiger partial charge is 0.349 e. The molecular weight excluding hydrogens is 182 g/mol. The number of aryl methyl sites for hydroxylation is 1. The molecule has 0 atom stereocenters. The van der Waals surface area contributed by atoms with Crippen molar-refractivity contribution in [2.45, 2.75) is 25.9 Å². The molecule has 1 heterocycles.